The van der Waals surface area contributed by atoms with Crippen LogP contribution in [0.2, 0.25) is 0 Å². The Kier molecular flexibility index (Phi) is 3.35. The summed E-state index contributed by atoms with van der Waals surface area (Å²) in [7, 11) is -3.61. The second-order valence-electron chi connectivity index (χ2n) is 3.75. The average molecular weight is 268 g/mol. The molecule has 0 radical (unpaired) electrons. The van der Waals surface area contributed by atoms with Gasteiger partial charge in [-0.2, -0.15) is 0 Å². The molecule has 0 atom stereocenters. The quantitative estimate of drug-likeness (QED) is 0.868. The Balaban J connectivity index is 2.10. The number of nitrogens with zero attached hydrogens (tertiary/aromatic N) is 1. The lowest BCUT2D eigenvalue weighted by molar-refractivity contribution is 0.377. The lowest BCUT2D eigenvalue weighted by Gasteiger charge is -2.04. The smallest absolute Gasteiger partial charge is 0.240 e. The molecular formula is C11H12N2O4S. The predicted molar refractivity (Wildman–Crippen MR) is 63.4 cm³/mol. The van der Waals surface area contributed by atoms with Crippen LogP contribution in [0.3, 0.4) is 0 Å². The summed E-state index contributed by atoms with van der Waals surface area (Å²) in [5, 5.41) is 12.8. The van der Waals surface area contributed by atoms with Gasteiger partial charge in [-0.1, -0.05) is 5.16 Å². The van der Waals surface area contributed by atoms with Gasteiger partial charge < -0.3 is 9.63 Å². The highest BCUT2D eigenvalue weighted by atomic mass is 32.2. The Labute approximate surface area is 104 Å². The number of benzene rings is 1. The van der Waals surface area contributed by atoms with E-state index >= 15 is 0 Å². The molecule has 0 aliphatic heterocycles. The van der Waals surface area contributed by atoms with E-state index in [0.717, 1.165) is 0 Å². The van der Waals surface area contributed by atoms with Gasteiger partial charge in [0, 0.05) is 6.07 Å². The molecule has 0 fully saturated rings. The minimum absolute atomic E-state index is 0.0137. The Morgan fingerprint density at radius 3 is 2.56 bits per heavy atom. The number of aromatic hydroxyl groups is 1. The van der Waals surface area contributed by atoms with Crippen LogP contribution in [0.5, 0.6) is 5.75 Å². The van der Waals surface area contributed by atoms with E-state index in [4.69, 9.17) is 9.63 Å². The van der Waals surface area contributed by atoms with Crippen LogP contribution in [0.1, 0.15) is 11.5 Å². The first-order chi connectivity index (χ1) is 8.47. The number of phenols is 1. The highest BCUT2D eigenvalue weighted by molar-refractivity contribution is 7.89. The van der Waals surface area contributed by atoms with Gasteiger partial charge in [-0.15, -0.1) is 0 Å². The first kappa shape index (κ1) is 12.6. The van der Waals surface area contributed by atoms with E-state index in [1.165, 1.54) is 24.3 Å². The molecule has 2 aromatic rings. The molecule has 0 amide bonds. The number of aryl methyl sites for hydroxylation is 1. The maximum atomic E-state index is 11.9. The predicted octanol–water partition coefficient (Wildman–Crippen LogP) is 1.17. The van der Waals surface area contributed by atoms with Crippen molar-refractivity contribution in [2.75, 3.05) is 0 Å². The summed E-state index contributed by atoms with van der Waals surface area (Å²) in [6.07, 6.45) is 0. The van der Waals surface area contributed by atoms with Gasteiger partial charge in [-0.3, -0.25) is 0 Å². The van der Waals surface area contributed by atoms with Crippen molar-refractivity contribution in [3.63, 3.8) is 0 Å². The Morgan fingerprint density at radius 1 is 1.33 bits per heavy atom. The van der Waals surface area contributed by atoms with Crippen LogP contribution in [0.25, 0.3) is 0 Å². The van der Waals surface area contributed by atoms with Crippen molar-refractivity contribution in [3.8, 4) is 5.75 Å². The van der Waals surface area contributed by atoms with Crippen molar-refractivity contribution < 1.29 is 18.0 Å². The summed E-state index contributed by atoms with van der Waals surface area (Å²) in [5.41, 5.74) is 0.689. The fraction of sp³-hybridized carbons (Fsp3) is 0.182. The van der Waals surface area contributed by atoms with Gasteiger partial charge in [0.05, 0.1) is 17.1 Å². The van der Waals surface area contributed by atoms with Gasteiger partial charge >= 0.3 is 0 Å². The molecule has 18 heavy (non-hydrogen) atoms. The van der Waals surface area contributed by atoms with E-state index in [1.807, 2.05) is 0 Å². The number of sulfonamides is 1. The van der Waals surface area contributed by atoms with Crippen LogP contribution in [0.15, 0.2) is 39.8 Å². The lowest BCUT2D eigenvalue weighted by Crippen LogP contribution is -2.22. The third-order valence-corrected chi connectivity index (χ3v) is 3.68. The van der Waals surface area contributed by atoms with E-state index < -0.39 is 10.0 Å². The van der Waals surface area contributed by atoms with Crippen molar-refractivity contribution >= 4 is 10.0 Å². The zero-order valence-corrected chi connectivity index (χ0v) is 10.4. The zero-order chi connectivity index (χ0) is 13.2. The minimum atomic E-state index is -3.61. The molecule has 2 N–H and O–H groups in total. The van der Waals surface area contributed by atoms with E-state index in [2.05, 4.69) is 9.88 Å². The zero-order valence-electron chi connectivity index (χ0n) is 9.62. The van der Waals surface area contributed by atoms with Gasteiger partial charge in [-0.05, 0) is 31.2 Å². The topological polar surface area (TPSA) is 92.4 Å². The number of phenolic OH excluding ortho intramolecular Hbond substituents is 1. The minimum Gasteiger partial charge on any atom is -0.508 e. The Hall–Kier alpha value is -1.86. The van der Waals surface area contributed by atoms with Crippen LogP contribution >= 0.6 is 0 Å². The van der Waals surface area contributed by atoms with Crippen molar-refractivity contribution in [2.24, 2.45) is 0 Å². The summed E-state index contributed by atoms with van der Waals surface area (Å²) < 4.78 is 31.0. The fourth-order valence-corrected chi connectivity index (χ4v) is 2.37. The third kappa shape index (κ3) is 2.88. The molecule has 0 aliphatic carbocycles. The van der Waals surface area contributed by atoms with E-state index in [-0.39, 0.29) is 17.2 Å². The molecular weight excluding hydrogens is 256 g/mol. The highest BCUT2D eigenvalue weighted by Crippen LogP contribution is 2.14. The van der Waals surface area contributed by atoms with Crippen LogP contribution < -0.4 is 4.72 Å². The summed E-state index contributed by atoms with van der Waals surface area (Å²) in [5.74, 6) is 0.453. The third-order valence-electron chi connectivity index (χ3n) is 2.26. The van der Waals surface area contributed by atoms with Gasteiger partial charge in [0.25, 0.3) is 0 Å². The summed E-state index contributed by atoms with van der Waals surface area (Å²) >= 11 is 0. The molecule has 1 aromatic carbocycles. The van der Waals surface area contributed by atoms with Gasteiger partial charge in [0.1, 0.15) is 5.75 Å². The molecule has 1 heterocycles. The van der Waals surface area contributed by atoms with Crippen LogP contribution in [0.4, 0.5) is 0 Å². The van der Waals surface area contributed by atoms with Gasteiger partial charge in [0.15, 0.2) is 5.76 Å². The number of aromatic nitrogens is 1. The maximum Gasteiger partial charge on any atom is 0.240 e. The number of hydrogen-bond donors (Lipinski definition) is 2. The number of hydrogen-bond acceptors (Lipinski definition) is 5. The molecule has 6 nitrogen and oxygen atoms in total. The molecule has 0 aliphatic rings. The highest BCUT2D eigenvalue weighted by Gasteiger charge is 2.14. The largest absolute Gasteiger partial charge is 0.508 e. The lowest BCUT2D eigenvalue weighted by atomic mass is 10.3. The van der Waals surface area contributed by atoms with Crippen molar-refractivity contribution in [3.05, 3.63) is 41.8 Å². The molecule has 96 valence electrons. The fourth-order valence-electron chi connectivity index (χ4n) is 1.37. The van der Waals surface area contributed by atoms with Crippen molar-refractivity contribution in [2.45, 2.75) is 18.4 Å². The molecule has 1 aromatic heterocycles. The maximum absolute atomic E-state index is 11.9. The monoisotopic (exact) mass is 268 g/mol. The van der Waals surface area contributed by atoms with Crippen LogP contribution in [-0.4, -0.2) is 18.7 Å². The second-order valence-corrected chi connectivity index (χ2v) is 5.52. The summed E-state index contributed by atoms with van der Waals surface area (Å²) in [4.78, 5) is 0.0801. The molecule has 0 unspecified atom stereocenters. The molecule has 0 saturated carbocycles. The van der Waals surface area contributed by atoms with E-state index in [9.17, 15) is 8.42 Å². The number of nitrogens with one attached hydrogen (secondary N) is 1. The molecule has 0 saturated heterocycles. The van der Waals surface area contributed by atoms with Crippen LogP contribution in [0, 0.1) is 6.92 Å². The van der Waals surface area contributed by atoms with Crippen molar-refractivity contribution in [1.29, 1.82) is 0 Å². The first-order valence-corrected chi connectivity index (χ1v) is 6.66. The van der Waals surface area contributed by atoms with Crippen LogP contribution in [-0.2, 0) is 16.6 Å². The Bertz CT molecular complexity index is 631. The standard InChI is InChI=1S/C11H12N2O4S/c1-8-6-10(17-13-8)7-12-18(15,16)11-4-2-9(14)3-5-11/h2-6,12,14H,7H2,1H3. The SMILES string of the molecule is Cc1cc(CNS(=O)(=O)c2ccc(O)cc2)on1. The second kappa shape index (κ2) is 4.79. The summed E-state index contributed by atoms with van der Waals surface area (Å²) in [6.45, 7) is 1.78. The average Bonchev–Trinajstić information content (AvgIpc) is 2.73. The first-order valence-electron chi connectivity index (χ1n) is 5.18. The van der Waals surface area contributed by atoms with Gasteiger partial charge in [-0.25, -0.2) is 13.1 Å². The number of rotatable bonds is 4. The van der Waals surface area contributed by atoms with Gasteiger partial charge in [0.2, 0.25) is 10.0 Å². The molecule has 0 spiro atoms. The molecule has 0 bridgehead atoms. The Morgan fingerprint density at radius 2 is 2.00 bits per heavy atom. The van der Waals surface area contributed by atoms with E-state index in [1.54, 1.807) is 13.0 Å². The normalized spacial score (nSPS) is 11.6. The summed E-state index contributed by atoms with van der Waals surface area (Å²) in [6, 6.07) is 6.92. The van der Waals surface area contributed by atoms with E-state index in [0.29, 0.717) is 11.5 Å². The molecule has 2 rings (SSSR count). The molecule has 7 heteroatoms. The van der Waals surface area contributed by atoms with Crippen molar-refractivity contribution in [1.82, 2.24) is 9.88 Å².